The third-order valence-corrected chi connectivity index (χ3v) is 6.70. The first-order valence-electron chi connectivity index (χ1n) is 8.30. The van der Waals surface area contributed by atoms with E-state index in [1.807, 2.05) is 41.8 Å². The number of carbonyl (C=O) groups excluding carboxylic acids is 1. The summed E-state index contributed by atoms with van der Waals surface area (Å²) in [6.45, 7) is 2.72. The van der Waals surface area contributed by atoms with E-state index < -0.39 is 10.0 Å². The third-order valence-electron chi connectivity index (χ3n) is 3.76. The number of primary sulfonamides is 1. The second kappa shape index (κ2) is 8.39. The van der Waals surface area contributed by atoms with Crippen LogP contribution in [0.1, 0.15) is 13.3 Å². The molecule has 0 spiro atoms. The fourth-order valence-corrected chi connectivity index (χ4v) is 4.99. The lowest BCUT2D eigenvalue weighted by Crippen LogP contribution is -2.17. The molecule has 0 atom stereocenters. The van der Waals surface area contributed by atoms with Gasteiger partial charge in [-0.15, -0.1) is 11.8 Å². The smallest absolute Gasteiger partial charge is 0.258 e. The van der Waals surface area contributed by atoms with Gasteiger partial charge >= 0.3 is 0 Å². The van der Waals surface area contributed by atoms with Crippen molar-refractivity contribution in [2.75, 3.05) is 5.75 Å². The van der Waals surface area contributed by atoms with Crippen molar-refractivity contribution in [3.63, 3.8) is 0 Å². The van der Waals surface area contributed by atoms with Gasteiger partial charge < -0.3 is 4.57 Å². The number of fused-ring (bicyclic) bond motifs is 1. The van der Waals surface area contributed by atoms with Gasteiger partial charge in [0.2, 0.25) is 10.0 Å². The van der Waals surface area contributed by atoms with E-state index in [1.54, 1.807) is 6.07 Å². The van der Waals surface area contributed by atoms with Crippen LogP contribution in [0.4, 0.5) is 0 Å². The van der Waals surface area contributed by atoms with Crippen LogP contribution in [0.25, 0.3) is 10.2 Å². The number of hydrogen-bond acceptors (Lipinski definition) is 5. The van der Waals surface area contributed by atoms with E-state index in [-0.39, 0.29) is 16.6 Å². The number of sulfonamides is 1. The molecule has 0 saturated heterocycles. The Bertz CT molecular complexity index is 1130. The Morgan fingerprint density at radius 1 is 1.22 bits per heavy atom. The Kier molecular flexibility index (Phi) is 6.15. The van der Waals surface area contributed by atoms with Crippen LogP contribution >= 0.6 is 23.1 Å². The van der Waals surface area contributed by atoms with Gasteiger partial charge in [-0.05, 0) is 36.8 Å². The summed E-state index contributed by atoms with van der Waals surface area (Å²) in [5.74, 6) is 0.0132. The molecule has 0 fully saturated rings. The van der Waals surface area contributed by atoms with Gasteiger partial charge in [0.1, 0.15) is 0 Å². The molecule has 9 heteroatoms. The van der Waals surface area contributed by atoms with Crippen LogP contribution in [0.5, 0.6) is 0 Å². The molecule has 0 radical (unpaired) electrons. The first kappa shape index (κ1) is 19.8. The normalized spacial score (nSPS) is 12.6. The number of amides is 1. The number of thioether (sulfide) groups is 1. The van der Waals surface area contributed by atoms with Crippen molar-refractivity contribution in [3.8, 4) is 0 Å². The summed E-state index contributed by atoms with van der Waals surface area (Å²) in [6, 6.07) is 14.4. The molecule has 0 aliphatic carbocycles. The standard InChI is InChI=1S/C18H19N3O3S3/c1-2-10-21-15-9-8-14(27(19,23)24)11-16(15)26-18(21)20-17(22)12-25-13-6-4-3-5-7-13/h3-9,11H,2,10,12H2,1H3,(H2,19,23,24). The highest BCUT2D eigenvalue weighted by molar-refractivity contribution is 8.00. The monoisotopic (exact) mass is 421 g/mol. The zero-order valence-electron chi connectivity index (χ0n) is 14.7. The second-order valence-corrected chi connectivity index (χ2v) is 9.44. The van der Waals surface area contributed by atoms with Crippen LogP contribution in [0.15, 0.2) is 63.3 Å². The Labute approximate surface area is 165 Å². The van der Waals surface area contributed by atoms with E-state index in [9.17, 15) is 13.2 Å². The number of nitrogens with two attached hydrogens (primary N) is 1. The highest BCUT2D eigenvalue weighted by Crippen LogP contribution is 2.22. The highest BCUT2D eigenvalue weighted by atomic mass is 32.2. The molecule has 3 aromatic rings. The Morgan fingerprint density at radius 3 is 2.63 bits per heavy atom. The molecule has 1 amide bonds. The minimum atomic E-state index is -3.78. The van der Waals surface area contributed by atoms with E-state index in [4.69, 9.17) is 5.14 Å². The highest BCUT2D eigenvalue weighted by Gasteiger charge is 2.13. The number of carbonyl (C=O) groups is 1. The lowest BCUT2D eigenvalue weighted by atomic mass is 10.3. The summed E-state index contributed by atoms with van der Waals surface area (Å²) < 4.78 is 25.8. The second-order valence-electron chi connectivity index (χ2n) is 5.82. The summed E-state index contributed by atoms with van der Waals surface area (Å²) >= 11 is 2.73. The van der Waals surface area contributed by atoms with E-state index in [0.717, 1.165) is 21.5 Å². The maximum Gasteiger partial charge on any atom is 0.258 e. The number of thiazole rings is 1. The van der Waals surface area contributed by atoms with Gasteiger partial charge in [0.15, 0.2) is 4.80 Å². The largest absolute Gasteiger partial charge is 0.316 e. The fourth-order valence-electron chi connectivity index (χ4n) is 2.56. The molecule has 2 N–H and O–H groups in total. The minimum Gasteiger partial charge on any atom is -0.316 e. The topological polar surface area (TPSA) is 94.5 Å². The summed E-state index contributed by atoms with van der Waals surface area (Å²) in [5, 5.41) is 5.22. The van der Waals surface area contributed by atoms with Crippen LogP contribution in [0.3, 0.4) is 0 Å². The van der Waals surface area contributed by atoms with E-state index >= 15 is 0 Å². The Hall–Kier alpha value is -1.94. The van der Waals surface area contributed by atoms with Crippen molar-refractivity contribution in [2.45, 2.75) is 29.7 Å². The van der Waals surface area contributed by atoms with E-state index in [1.165, 1.54) is 35.2 Å². The zero-order chi connectivity index (χ0) is 19.4. The van der Waals surface area contributed by atoms with Crippen LogP contribution < -0.4 is 9.94 Å². The molecule has 142 valence electrons. The number of benzene rings is 2. The molecule has 2 aromatic carbocycles. The van der Waals surface area contributed by atoms with Crippen LogP contribution in [-0.2, 0) is 21.4 Å². The van der Waals surface area contributed by atoms with Crippen molar-refractivity contribution in [2.24, 2.45) is 10.1 Å². The van der Waals surface area contributed by atoms with Crippen molar-refractivity contribution in [1.82, 2.24) is 4.57 Å². The number of rotatable bonds is 6. The van der Waals surface area contributed by atoms with Crippen LogP contribution in [-0.4, -0.2) is 24.6 Å². The molecule has 0 bridgehead atoms. The number of nitrogens with zero attached hydrogens (tertiary/aromatic N) is 2. The summed E-state index contributed by atoms with van der Waals surface area (Å²) in [6.07, 6.45) is 0.864. The Balaban J connectivity index is 1.95. The molecule has 0 unspecified atom stereocenters. The van der Waals surface area contributed by atoms with Crippen molar-refractivity contribution < 1.29 is 13.2 Å². The molecule has 0 aliphatic rings. The number of aromatic nitrogens is 1. The van der Waals surface area contributed by atoms with E-state index in [0.29, 0.717) is 11.3 Å². The molecule has 27 heavy (non-hydrogen) atoms. The van der Waals surface area contributed by atoms with Crippen molar-refractivity contribution in [3.05, 3.63) is 53.3 Å². The maximum absolute atomic E-state index is 12.3. The van der Waals surface area contributed by atoms with Gasteiger partial charge in [-0.1, -0.05) is 36.5 Å². The average Bonchev–Trinajstić information content (AvgIpc) is 2.97. The summed E-state index contributed by atoms with van der Waals surface area (Å²) in [7, 11) is -3.78. The third kappa shape index (κ3) is 4.86. The lowest BCUT2D eigenvalue weighted by molar-refractivity contribution is -0.115. The van der Waals surface area contributed by atoms with Gasteiger partial charge in [0.25, 0.3) is 5.91 Å². The van der Waals surface area contributed by atoms with Crippen molar-refractivity contribution in [1.29, 1.82) is 0 Å². The molecule has 1 heterocycles. The lowest BCUT2D eigenvalue weighted by Gasteiger charge is -2.03. The molecule has 0 aliphatic heterocycles. The predicted octanol–water partition coefficient (Wildman–Crippen LogP) is 2.98. The summed E-state index contributed by atoms with van der Waals surface area (Å²) in [4.78, 5) is 18.2. The molecule has 6 nitrogen and oxygen atoms in total. The van der Waals surface area contributed by atoms with Gasteiger partial charge in [-0.2, -0.15) is 4.99 Å². The van der Waals surface area contributed by atoms with E-state index in [2.05, 4.69) is 4.99 Å². The number of aryl methyl sites for hydroxylation is 1. The van der Waals surface area contributed by atoms with Gasteiger partial charge in [-0.3, -0.25) is 4.79 Å². The molecule has 1 aromatic heterocycles. The average molecular weight is 422 g/mol. The number of hydrogen-bond donors (Lipinski definition) is 1. The van der Waals surface area contributed by atoms with Crippen molar-refractivity contribution >= 4 is 49.2 Å². The molecule has 0 saturated carbocycles. The first-order valence-corrected chi connectivity index (χ1v) is 11.6. The zero-order valence-corrected chi connectivity index (χ0v) is 17.1. The predicted molar refractivity (Wildman–Crippen MR) is 109 cm³/mol. The Morgan fingerprint density at radius 2 is 1.96 bits per heavy atom. The van der Waals surface area contributed by atoms with Gasteiger partial charge in [-0.25, -0.2) is 13.6 Å². The van der Waals surface area contributed by atoms with Crippen LogP contribution in [0.2, 0.25) is 0 Å². The molecular formula is C18H19N3O3S3. The quantitative estimate of drug-likeness (QED) is 0.619. The van der Waals surface area contributed by atoms with Crippen LogP contribution in [0, 0.1) is 0 Å². The maximum atomic E-state index is 12.3. The van der Waals surface area contributed by atoms with Gasteiger partial charge in [0, 0.05) is 11.4 Å². The van der Waals surface area contributed by atoms with Gasteiger partial charge in [0.05, 0.1) is 20.9 Å². The molecular weight excluding hydrogens is 402 g/mol. The SMILES string of the molecule is CCCn1c(=NC(=O)CSc2ccccc2)sc2cc(S(N)(=O)=O)ccc21. The fraction of sp³-hybridized carbons (Fsp3) is 0.222. The molecule has 3 rings (SSSR count). The minimum absolute atomic E-state index is 0.0532. The summed E-state index contributed by atoms with van der Waals surface area (Å²) in [5.41, 5.74) is 0.844. The first-order chi connectivity index (χ1) is 12.9.